The first-order chi connectivity index (χ1) is 7.81. The van der Waals surface area contributed by atoms with Gasteiger partial charge in [0.1, 0.15) is 0 Å². The van der Waals surface area contributed by atoms with E-state index in [1.54, 1.807) is 0 Å². The lowest BCUT2D eigenvalue weighted by Crippen LogP contribution is -2.17. The number of aliphatic hydroxyl groups is 1. The topological polar surface area (TPSA) is 38.7 Å². The smallest absolute Gasteiger partial charge is 0.263 e. The normalized spacial score (nSPS) is 11.8. The number of hydrogen-bond donors (Lipinski definition) is 1. The fourth-order valence-corrected chi connectivity index (χ4v) is 1.57. The molecule has 96 valence electrons. The van der Waals surface area contributed by atoms with Gasteiger partial charge in [0, 0.05) is 11.1 Å². The summed E-state index contributed by atoms with van der Waals surface area (Å²) in [4.78, 5) is 0. The van der Waals surface area contributed by atoms with Gasteiger partial charge in [-0.25, -0.2) is 8.78 Å². The highest BCUT2D eigenvalue weighted by Crippen LogP contribution is 2.40. The van der Waals surface area contributed by atoms with E-state index in [4.69, 9.17) is 9.47 Å². The third-order valence-corrected chi connectivity index (χ3v) is 2.41. The number of alkyl halides is 2. The Morgan fingerprint density at radius 2 is 1.76 bits per heavy atom. The largest absolute Gasteiger partial charge is 0.493 e. The Bertz CT molecular complexity index is 397. The van der Waals surface area contributed by atoms with Gasteiger partial charge in [0.15, 0.2) is 11.5 Å². The van der Waals surface area contributed by atoms with E-state index >= 15 is 0 Å². The van der Waals surface area contributed by atoms with Crippen molar-refractivity contribution in [3.05, 3.63) is 23.3 Å². The van der Waals surface area contributed by atoms with Gasteiger partial charge in [-0.3, -0.25) is 0 Å². The summed E-state index contributed by atoms with van der Waals surface area (Å²) in [6, 6.07) is 2.44. The summed E-state index contributed by atoms with van der Waals surface area (Å²) in [6.07, 6.45) is -2.63. The molecule has 0 aliphatic carbocycles. The second-order valence-electron chi connectivity index (χ2n) is 4.16. The molecule has 0 radical (unpaired) electrons. The maximum Gasteiger partial charge on any atom is 0.263 e. The van der Waals surface area contributed by atoms with Gasteiger partial charge >= 0.3 is 0 Å². The summed E-state index contributed by atoms with van der Waals surface area (Å²) in [5.41, 5.74) is -1.22. The number of halogens is 2. The molecule has 0 bridgehead atoms. The highest BCUT2D eigenvalue weighted by Gasteiger charge is 2.26. The molecule has 0 aromatic heterocycles. The number of methoxy groups -OCH3 is 2. The Morgan fingerprint density at radius 1 is 1.18 bits per heavy atom. The zero-order chi connectivity index (χ0) is 13.2. The summed E-state index contributed by atoms with van der Waals surface area (Å²) in [7, 11) is 2.76. The van der Waals surface area contributed by atoms with Gasteiger partial charge in [0.25, 0.3) is 6.43 Å². The van der Waals surface area contributed by atoms with Crippen LogP contribution in [0.25, 0.3) is 0 Å². The zero-order valence-electron chi connectivity index (χ0n) is 10.3. The van der Waals surface area contributed by atoms with Crippen molar-refractivity contribution in [1.82, 2.24) is 0 Å². The van der Waals surface area contributed by atoms with E-state index < -0.39 is 12.0 Å². The molecule has 0 atom stereocenters. The van der Waals surface area contributed by atoms with E-state index in [2.05, 4.69) is 0 Å². The minimum absolute atomic E-state index is 0.183. The van der Waals surface area contributed by atoms with Crippen LogP contribution >= 0.6 is 0 Å². The molecule has 1 aromatic carbocycles. The lowest BCUT2D eigenvalue weighted by Gasteiger charge is -2.23. The third-order valence-electron chi connectivity index (χ3n) is 2.41. The SMILES string of the molecule is COc1cc(C(F)F)cc(C(C)(C)O)c1OC. The average Bonchev–Trinajstić information content (AvgIpc) is 2.25. The Hall–Kier alpha value is -1.36. The highest BCUT2D eigenvalue weighted by atomic mass is 19.3. The van der Waals surface area contributed by atoms with Gasteiger partial charge < -0.3 is 14.6 Å². The first-order valence-electron chi connectivity index (χ1n) is 5.08. The van der Waals surface area contributed by atoms with E-state index in [9.17, 15) is 13.9 Å². The van der Waals surface area contributed by atoms with Gasteiger partial charge in [-0.15, -0.1) is 0 Å². The molecule has 1 aromatic rings. The Kier molecular flexibility index (Phi) is 3.93. The van der Waals surface area contributed by atoms with Crippen LogP contribution in [0, 0.1) is 0 Å². The van der Waals surface area contributed by atoms with Crippen LogP contribution in [0.3, 0.4) is 0 Å². The third kappa shape index (κ3) is 2.85. The zero-order valence-corrected chi connectivity index (χ0v) is 10.3. The fourth-order valence-electron chi connectivity index (χ4n) is 1.57. The second-order valence-corrected chi connectivity index (χ2v) is 4.16. The molecular formula is C12H16F2O3. The van der Waals surface area contributed by atoms with E-state index in [1.807, 2.05) is 0 Å². The minimum atomic E-state index is -2.63. The van der Waals surface area contributed by atoms with E-state index in [0.29, 0.717) is 0 Å². The van der Waals surface area contributed by atoms with Crippen molar-refractivity contribution in [2.24, 2.45) is 0 Å². The summed E-state index contributed by atoms with van der Waals surface area (Å²) < 4.78 is 35.5. The Balaban J connectivity index is 3.48. The lowest BCUT2D eigenvalue weighted by atomic mass is 9.95. The molecular weight excluding hydrogens is 230 g/mol. The molecule has 0 aliphatic rings. The van der Waals surface area contributed by atoms with Crippen molar-refractivity contribution in [2.45, 2.75) is 25.9 Å². The van der Waals surface area contributed by atoms with Crippen molar-refractivity contribution >= 4 is 0 Å². The van der Waals surface area contributed by atoms with Crippen LogP contribution in [-0.4, -0.2) is 19.3 Å². The predicted octanol–water partition coefficient (Wildman–Crippen LogP) is 2.87. The fraction of sp³-hybridized carbons (Fsp3) is 0.500. The second kappa shape index (κ2) is 4.87. The maximum atomic E-state index is 12.7. The van der Waals surface area contributed by atoms with Gasteiger partial charge in [-0.05, 0) is 26.0 Å². The van der Waals surface area contributed by atoms with E-state index in [1.165, 1.54) is 40.2 Å². The van der Waals surface area contributed by atoms with Crippen molar-refractivity contribution in [3.63, 3.8) is 0 Å². The van der Waals surface area contributed by atoms with Crippen LogP contribution in [0.4, 0.5) is 8.78 Å². The maximum absolute atomic E-state index is 12.7. The standard InChI is InChI=1S/C12H16F2O3/c1-12(2,15)8-5-7(11(13)14)6-9(16-3)10(8)17-4/h5-6,11,15H,1-4H3. The van der Waals surface area contributed by atoms with Crippen molar-refractivity contribution < 1.29 is 23.4 Å². The first-order valence-corrected chi connectivity index (χ1v) is 5.08. The summed E-state index contributed by atoms with van der Waals surface area (Å²) in [6.45, 7) is 3.00. The number of rotatable bonds is 4. The van der Waals surface area contributed by atoms with Gasteiger partial charge in [0.05, 0.1) is 19.8 Å². The molecule has 1 N–H and O–H groups in total. The van der Waals surface area contributed by atoms with Crippen molar-refractivity contribution in [2.75, 3.05) is 14.2 Å². The van der Waals surface area contributed by atoms with Crippen LogP contribution in [0.2, 0.25) is 0 Å². The number of benzene rings is 1. The predicted molar refractivity (Wildman–Crippen MR) is 59.7 cm³/mol. The Labute approximate surface area is 99.0 Å². The molecule has 0 saturated carbocycles. The van der Waals surface area contributed by atoms with Crippen molar-refractivity contribution in [1.29, 1.82) is 0 Å². The van der Waals surface area contributed by atoms with E-state index in [-0.39, 0.29) is 22.6 Å². The monoisotopic (exact) mass is 246 g/mol. The highest BCUT2D eigenvalue weighted by molar-refractivity contribution is 5.51. The van der Waals surface area contributed by atoms with Gasteiger partial charge in [0.2, 0.25) is 0 Å². The van der Waals surface area contributed by atoms with Crippen molar-refractivity contribution in [3.8, 4) is 11.5 Å². The molecule has 1 rings (SSSR count). The first kappa shape index (κ1) is 13.7. The van der Waals surface area contributed by atoms with Crippen LogP contribution in [0.5, 0.6) is 11.5 Å². The van der Waals surface area contributed by atoms with Crippen LogP contribution in [0.1, 0.15) is 31.4 Å². The minimum Gasteiger partial charge on any atom is -0.493 e. The summed E-state index contributed by atoms with van der Waals surface area (Å²) in [5, 5.41) is 9.95. The summed E-state index contributed by atoms with van der Waals surface area (Å²) >= 11 is 0. The van der Waals surface area contributed by atoms with E-state index in [0.717, 1.165) is 0 Å². The molecule has 17 heavy (non-hydrogen) atoms. The molecule has 3 nitrogen and oxygen atoms in total. The van der Waals surface area contributed by atoms with Crippen LogP contribution < -0.4 is 9.47 Å². The molecule has 0 saturated heterocycles. The average molecular weight is 246 g/mol. The molecule has 5 heteroatoms. The molecule has 0 heterocycles. The number of ether oxygens (including phenoxy) is 2. The molecule has 0 spiro atoms. The van der Waals surface area contributed by atoms with Gasteiger partial charge in [-0.2, -0.15) is 0 Å². The molecule has 0 fully saturated rings. The summed E-state index contributed by atoms with van der Waals surface area (Å²) in [5.74, 6) is 0.451. The van der Waals surface area contributed by atoms with Gasteiger partial charge in [-0.1, -0.05) is 0 Å². The lowest BCUT2D eigenvalue weighted by molar-refractivity contribution is 0.0744. The molecule has 0 amide bonds. The Morgan fingerprint density at radius 3 is 2.12 bits per heavy atom. The number of hydrogen-bond acceptors (Lipinski definition) is 3. The quantitative estimate of drug-likeness (QED) is 0.887. The van der Waals surface area contributed by atoms with Crippen LogP contribution in [0.15, 0.2) is 12.1 Å². The van der Waals surface area contributed by atoms with Crippen LogP contribution in [-0.2, 0) is 5.60 Å². The molecule has 0 aliphatic heterocycles. The molecule has 0 unspecified atom stereocenters.